The van der Waals surface area contributed by atoms with Crippen LogP contribution >= 0.6 is 0 Å². The van der Waals surface area contributed by atoms with Gasteiger partial charge in [-0.2, -0.15) is 0 Å². The standard InChI is InChI=1S/C10H20N2/c1-8(2)5-12-6-9-3-4-10(7-12)11-9/h8-11H,3-7H2,1-2H3/t9-,10+. The van der Waals surface area contributed by atoms with Gasteiger partial charge in [0.05, 0.1) is 0 Å². The molecule has 0 unspecified atom stereocenters. The van der Waals surface area contributed by atoms with Gasteiger partial charge in [-0.25, -0.2) is 0 Å². The number of hydrogen-bond donors (Lipinski definition) is 1. The van der Waals surface area contributed by atoms with E-state index in [1.807, 2.05) is 0 Å². The molecule has 0 aromatic rings. The largest absolute Gasteiger partial charge is 0.309 e. The number of rotatable bonds is 2. The summed E-state index contributed by atoms with van der Waals surface area (Å²) in [6.07, 6.45) is 2.80. The summed E-state index contributed by atoms with van der Waals surface area (Å²) >= 11 is 0. The molecule has 2 atom stereocenters. The van der Waals surface area contributed by atoms with E-state index in [9.17, 15) is 0 Å². The maximum absolute atomic E-state index is 3.65. The minimum atomic E-state index is 0.808. The summed E-state index contributed by atoms with van der Waals surface area (Å²) in [7, 11) is 0. The van der Waals surface area contributed by atoms with Gasteiger partial charge in [0, 0.05) is 31.7 Å². The van der Waals surface area contributed by atoms with Crippen LogP contribution in [0, 0.1) is 5.92 Å². The van der Waals surface area contributed by atoms with Gasteiger partial charge in [-0.3, -0.25) is 4.90 Å². The Kier molecular flexibility index (Phi) is 2.37. The molecular weight excluding hydrogens is 148 g/mol. The van der Waals surface area contributed by atoms with Crippen LogP contribution in [-0.4, -0.2) is 36.6 Å². The van der Waals surface area contributed by atoms with Crippen LogP contribution in [0.5, 0.6) is 0 Å². The van der Waals surface area contributed by atoms with E-state index in [1.165, 1.54) is 32.5 Å². The summed E-state index contributed by atoms with van der Waals surface area (Å²) < 4.78 is 0. The predicted octanol–water partition coefficient (Wildman–Crippen LogP) is 1.08. The first-order valence-corrected chi connectivity index (χ1v) is 5.22. The molecule has 2 nitrogen and oxygen atoms in total. The first kappa shape index (κ1) is 8.52. The highest BCUT2D eigenvalue weighted by molar-refractivity contribution is 4.92. The second kappa shape index (κ2) is 3.35. The van der Waals surface area contributed by atoms with Crippen molar-refractivity contribution in [1.82, 2.24) is 10.2 Å². The fourth-order valence-corrected chi connectivity index (χ4v) is 2.55. The third-order valence-corrected chi connectivity index (χ3v) is 2.92. The molecule has 70 valence electrons. The molecule has 2 fully saturated rings. The Balaban J connectivity index is 1.85. The summed E-state index contributed by atoms with van der Waals surface area (Å²) in [4.78, 5) is 2.63. The molecule has 2 bridgehead atoms. The molecule has 0 radical (unpaired) electrons. The van der Waals surface area contributed by atoms with E-state index in [-0.39, 0.29) is 0 Å². The Bertz CT molecular complexity index is 144. The molecule has 0 amide bonds. The van der Waals surface area contributed by atoms with Crippen LogP contribution in [0.15, 0.2) is 0 Å². The third-order valence-electron chi connectivity index (χ3n) is 2.92. The van der Waals surface area contributed by atoms with Gasteiger partial charge in [0.25, 0.3) is 0 Å². The van der Waals surface area contributed by atoms with Crippen LogP contribution in [0.1, 0.15) is 26.7 Å². The molecule has 12 heavy (non-hydrogen) atoms. The molecular formula is C10H20N2. The lowest BCUT2D eigenvalue weighted by Gasteiger charge is -2.33. The quantitative estimate of drug-likeness (QED) is 0.663. The van der Waals surface area contributed by atoms with Gasteiger partial charge in [0.15, 0.2) is 0 Å². The molecule has 2 heteroatoms. The average molecular weight is 168 g/mol. The van der Waals surface area contributed by atoms with E-state index in [2.05, 4.69) is 24.1 Å². The van der Waals surface area contributed by atoms with Gasteiger partial charge in [0.2, 0.25) is 0 Å². The average Bonchev–Trinajstić information content (AvgIpc) is 2.29. The van der Waals surface area contributed by atoms with E-state index in [0.717, 1.165) is 18.0 Å². The Morgan fingerprint density at radius 3 is 2.33 bits per heavy atom. The lowest BCUT2D eigenvalue weighted by molar-refractivity contribution is 0.178. The van der Waals surface area contributed by atoms with Crippen molar-refractivity contribution >= 4 is 0 Å². The van der Waals surface area contributed by atoms with Gasteiger partial charge in [0.1, 0.15) is 0 Å². The molecule has 2 aliphatic rings. The lowest BCUT2D eigenvalue weighted by Crippen LogP contribution is -2.51. The first-order chi connectivity index (χ1) is 5.74. The minimum Gasteiger partial charge on any atom is -0.309 e. The summed E-state index contributed by atoms with van der Waals surface area (Å²) in [5, 5.41) is 3.65. The highest BCUT2D eigenvalue weighted by Gasteiger charge is 2.31. The van der Waals surface area contributed by atoms with Gasteiger partial charge < -0.3 is 5.32 Å². The number of likely N-dealkylation sites (tertiary alicyclic amines) is 1. The van der Waals surface area contributed by atoms with E-state index >= 15 is 0 Å². The van der Waals surface area contributed by atoms with Crippen molar-refractivity contribution in [3.63, 3.8) is 0 Å². The zero-order valence-corrected chi connectivity index (χ0v) is 8.21. The van der Waals surface area contributed by atoms with Crippen molar-refractivity contribution in [3.05, 3.63) is 0 Å². The first-order valence-electron chi connectivity index (χ1n) is 5.22. The van der Waals surface area contributed by atoms with Gasteiger partial charge in [-0.15, -0.1) is 0 Å². The number of fused-ring (bicyclic) bond motifs is 2. The Hall–Kier alpha value is -0.0800. The second-order valence-corrected chi connectivity index (χ2v) is 4.75. The zero-order chi connectivity index (χ0) is 8.55. The van der Waals surface area contributed by atoms with Gasteiger partial charge in [-0.1, -0.05) is 13.8 Å². The molecule has 0 aliphatic carbocycles. The van der Waals surface area contributed by atoms with E-state index in [0.29, 0.717) is 0 Å². The van der Waals surface area contributed by atoms with Crippen LogP contribution in [0.4, 0.5) is 0 Å². The van der Waals surface area contributed by atoms with Crippen molar-refractivity contribution in [1.29, 1.82) is 0 Å². The van der Waals surface area contributed by atoms with E-state index < -0.39 is 0 Å². The lowest BCUT2D eigenvalue weighted by atomic mass is 10.1. The summed E-state index contributed by atoms with van der Waals surface area (Å²) in [6.45, 7) is 8.48. The van der Waals surface area contributed by atoms with Crippen molar-refractivity contribution in [2.45, 2.75) is 38.8 Å². The van der Waals surface area contributed by atoms with Crippen molar-refractivity contribution in [3.8, 4) is 0 Å². The Morgan fingerprint density at radius 2 is 1.83 bits per heavy atom. The maximum Gasteiger partial charge on any atom is 0.0198 e. The predicted molar refractivity (Wildman–Crippen MR) is 51.2 cm³/mol. The van der Waals surface area contributed by atoms with Crippen LogP contribution < -0.4 is 5.32 Å². The molecule has 0 aromatic heterocycles. The summed E-state index contributed by atoms with van der Waals surface area (Å²) in [6, 6.07) is 1.62. The third kappa shape index (κ3) is 1.80. The molecule has 1 N–H and O–H groups in total. The molecule has 0 saturated carbocycles. The zero-order valence-electron chi connectivity index (χ0n) is 8.21. The van der Waals surface area contributed by atoms with Crippen molar-refractivity contribution in [2.75, 3.05) is 19.6 Å². The second-order valence-electron chi connectivity index (χ2n) is 4.75. The molecule has 2 aliphatic heterocycles. The fourth-order valence-electron chi connectivity index (χ4n) is 2.55. The van der Waals surface area contributed by atoms with E-state index in [1.54, 1.807) is 0 Å². The smallest absolute Gasteiger partial charge is 0.0198 e. The van der Waals surface area contributed by atoms with Gasteiger partial charge >= 0.3 is 0 Å². The van der Waals surface area contributed by atoms with Crippen LogP contribution in [-0.2, 0) is 0 Å². The van der Waals surface area contributed by atoms with Crippen LogP contribution in [0.3, 0.4) is 0 Å². The Morgan fingerprint density at radius 1 is 1.25 bits per heavy atom. The SMILES string of the molecule is CC(C)CN1C[C@H]2CC[C@@H](C1)N2. The minimum absolute atomic E-state index is 0.808. The van der Waals surface area contributed by atoms with Crippen molar-refractivity contribution in [2.24, 2.45) is 5.92 Å². The molecule has 0 spiro atoms. The molecule has 2 heterocycles. The molecule has 0 aromatic carbocycles. The monoisotopic (exact) mass is 168 g/mol. The Labute approximate surface area is 75.3 Å². The summed E-state index contributed by atoms with van der Waals surface area (Å²) in [5.41, 5.74) is 0. The highest BCUT2D eigenvalue weighted by atomic mass is 15.2. The van der Waals surface area contributed by atoms with Gasteiger partial charge in [-0.05, 0) is 18.8 Å². The topological polar surface area (TPSA) is 15.3 Å². The number of hydrogen-bond acceptors (Lipinski definition) is 2. The number of nitrogens with zero attached hydrogens (tertiary/aromatic N) is 1. The highest BCUT2D eigenvalue weighted by Crippen LogP contribution is 2.20. The number of nitrogens with one attached hydrogen (secondary N) is 1. The van der Waals surface area contributed by atoms with Crippen LogP contribution in [0.2, 0.25) is 0 Å². The summed E-state index contributed by atoms with van der Waals surface area (Å²) in [5.74, 6) is 0.822. The normalized spacial score (nSPS) is 36.2. The van der Waals surface area contributed by atoms with E-state index in [4.69, 9.17) is 0 Å². The van der Waals surface area contributed by atoms with Crippen LogP contribution in [0.25, 0.3) is 0 Å². The van der Waals surface area contributed by atoms with Crippen molar-refractivity contribution < 1.29 is 0 Å². The molecule has 2 saturated heterocycles. The molecule has 2 rings (SSSR count). The maximum atomic E-state index is 3.65. The fraction of sp³-hybridized carbons (Fsp3) is 1.00. The number of piperazine rings is 1.